The molecule has 1 N–H and O–H groups in total. The third kappa shape index (κ3) is 5.08. The molecule has 30 heavy (non-hydrogen) atoms. The molecule has 158 valence electrons. The van der Waals surface area contributed by atoms with Gasteiger partial charge in [0.15, 0.2) is 0 Å². The molecule has 1 aliphatic heterocycles. The molecule has 4 rings (SSSR count). The summed E-state index contributed by atoms with van der Waals surface area (Å²) in [5, 5.41) is 7.67. The molecular formula is C21H20F3N3OS2. The summed E-state index contributed by atoms with van der Waals surface area (Å²) in [5.74, 6) is -0.0101. The lowest BCUT2D eigenvalue weighted by Crippen LogP contribution is -2.44. The first-order chi connectivity index (χ1) is 14.4. The number of thiazole rings is 1. The van der Waals surface area contributed by atoms with E-state index in [-0.39, 0.29) is 11.9 Å². The molecule has 1 amide bonds. The molecule has 2 aromatic heterocycles. The molecule has 0 radical (unpaired) electrons. The lowest BCUT2D eigenvalue weighted by molar-refractivity contribution is -0.137. The highest BCUT2D eigenvalue weighted by Crippen LogP contribution is 2.32. The number of nitrogens with zero attached hydrogens (tertiary/aromatic N) is 2. The fourth-order valence-electron chi connectivity index (χ4n) is 3.44. The molecule has 0 atom stereocenters. The normalized spacial score (nSPS) is 16.0. The third-order valence-electron chi connectivity index (χ3n) is 5.06. The van der Waals surface area contributed by atoms with Crippen molar-refractivity contribution in [2.75, 3.05) is 13.1 Å². The van der Waals surface area contributed by atoms with Gasteiger partial charge in [-0.2, -0.15) is 13.2 Å². The Balaban J connectivity index is 1.29. The molecule has 1 saturated heterocycles. The van der Waals surface area contributed by atoms with E-state index in [9.17, 15) is 18.0 Å². The van der Waals surface area contributed by atoms with Crippen molar-refractivity contribution in [3.05, 3.63) is 63.3 Å². The average molecular weight is 452 g/mol. The predicted octanol–water partition coefficient (Wildman–Crippen LogP) is 5.28. The number of carbonyl (C=O) groups is 1. The van der Waals surface area contributed by atoms with Gasteiger partial charge in [0.2, 0.25) is 0 Å². The number of halogens is 3. The van der Waals surface area contributed by atoms with Crippen molar-refractivity contribution in [3.63, 3.8) is 0 Å². The zero-order valence-electron chi connectivity index (χ0n) is 16.0. The van der Waals surface area contributed by atoms with Gasteiger partial charge in [-0.15, -0.1) is 22.7 Å². The number of thiophene rings is 1. The summed E-state index contributed by atoms with van der Waals surface area (Å²) in [7, 11) is 0. The minimum atomic E-state index is -4.33. The van der Waals surface area contributed by atoms with Crippen molar-refractivity contribution in [3.8, 4) is 10.6 Å². The highest BCUT2D eigenvalue weighted by atomic mass is 32.1. The Morgan fingerprint density at radius 2 is 1.87 bits per heavy atom. The van der Waals surface area contributed by atoms with Crippen LogP contribution in [0, 0.1) is 0 Å². The summed E-state index contributed by atoms with van der Waals surface area (Å²) >= 11 is 2.88. The van der Waals surface area contributed by atoms with Crippen LogP contribution in [0.1, 0.15) is 33.8 Å². The molecule has 0 aliphatic carbocycles. The van der Waals surface area contributed by atoms with Gasteiger partial charge in [0.05, 0.1) is 16.1 Å². The van der Waals surface area contributed by atoms with Gasteiger partial charge < -0.3 is 5.32 Å². The second kappa shape index (κ2) is 8.87. The smallest absolute Gasteiger partial charge is 0.349 e. The molecule has 0 spiro atoms. The van der Waals surface area contributed by atoms with Crippen LogP contribution in [0.25, 0.3) is 10.6 Å². The summed E-state index contributed by atoms with van der Waals surface area (Å²) in [6.45, 7) is 2.42. The topological polar surface area (TPSA) is 45.2 Å². The zero-order chi connectivity index (χ0) is 21.1. The number of likely N-dealkylation sites (tertiary alicyclic amines) is 1. The molecule has 3 heterocycles. The Labute approximate surface area is 180 Å². The number of alkyl halides is 3. The van der Waals surface area contributed by atoms with Crippen molar-refractivity contribution >= 4 is 28.6 Å². The van der Waals surface area contributed by atoms with Gasteiger partial charge in [0, 0.05) is 36.6 Å². The van der Waals surface area contributed by atoms with E-state index in [1.165, 1.54) is 34.8 Å². The minimum absolute atomic E-state index is 0.0101. The van der Waals surface area contributed by atoms with Crippen LogP contribution in [0.3, 0.4) is 0 Å². The fraction of sp³-hybridized carbons (Fsp3) is 0.333. The van der Waals surface area contributed by atoms with Gasteiger partial charge in [-0.3, -0.25) is 9.69 Å². The maximum absolute atomic E-state index is 12.7. The number of carbonyl (C=O) groups excluding carboxylic acids is 1. The number of amides is 1. The standard InChI is InChI=1S/C21H20F3N3OS2/c22-21(23,24)15-5-3-14(4-6-15)20-26-17(13-30-20)12-27-9-7-16(8-10-27)25-19(28)18-2-1-11-29-18/h1-6,11,13,16H,7-10,12H2,(H,25,28). The molecule has 9 heteroatoms. The Morgan fingerprint density at radius 1 is 1.13 bits per heavy atom. The SMILES string of the molecule is O=C(NC1CCN(Cc2csc(-c3ccc(C(F)(F)F)cc3)n2)CC1)c1cccs1. The number of hydrogen-bond acceptors (Lipinski definition) is 5. The summed E-state index contributed by atoms with van der Waals surface area (Å²) in [5.41, 5.74) is 0.947. The highest BCUT2D eigenvalue weighted by Gasteiger charge is 2.30. The Kier molecular flexibility index (Phi) is 6.21. The Bertz CT molecular complexity index is 976. The predicted molar refractivity (Wildman–Crippen MR) is 113 cm³/mol. The number of aromatic nitrogens is 1. The molecule has 1 aromatic carbocycles. The summed E-state index contributed by atoms with van der Waals surface area (Å²) in [6.07, 6.45) is -2.57. The molecule has 0 unspecified atom stereocenters. The summed E-state index contributed by atoms with van der Waals surface area (Å²) in [4.78, 5) is 19.8. The first-order valence-electron chi connectivity index (χ1n) is 9.57. The number of benzene rings is 1. The van der Waals surface area contributed by atoms with Crippen molar-refractivity contribution in [1.82, 2.24) is 15.2 Å². The Morgan fingerprint density at radius 3 is 2.50 bits per heavy atom. The van der Waals surface area contributed by atoms with Crippen LogP contribution in [0.2, 0.25) is 0 Å². The van der Waals surface area contributed by atoms with Crippen LogP contribution >= 0.6 is 22.7 Å². The first-order valence-corrected chi connectivity index (χ1v) is 11.3. The molecule has 1 aliphatic rings. The van der Waals surface area contributed by atoms with Crippen molar-refractivity contribution < 1.29 is 18.0 Å². The second-order valence-electron chi connectivity index (χ2n) is 7.22. The number of rotatable bonds is 5. The van der Waals surface area contributed by atoms with E-state index in [0.717, 1.165) is 53.6 Å². The van der Waals surface area contributed by atoms with E-state index in [1.54, 1.807) is 0 Å². The van der Waals surface area contributed by atoms with Crippen LogP contribution < -0.4 is 5.32 Å². The van der Waals surface area contributed by atoms with Gasteiger partial charge in [-0.05, 0) is 36.4 Å². The summed E-state index contributed by atoms with van der Waals surface area (Å²) < 4.78 is 38.1. The van der Waals surface area contributed by atoms with E-state index in [1.807, 2.05) is 22.9 Å². The quantitative estimate of drug-likeness (QED) is 0.574. The fourth-order valence-corrected chi connectivity index (χ4v) is 4.89. The first kappa shape index (κ1) is 21.0. The van der Waals surface area contributed by atoms with E-state index in [4.69, 9.17) is 0 Å². The number of piperidine rings is 1. The number of hydrogen-bond donors (Lipinski definition) is 1. The van der Waals surface area contributed by atoms with Crippen LogP contribution in [-0.2, 0) is 12.7 Å². The van der Waals surface area contributed by atoms with Gasteiger partial charge in [-0.1, -0.05) is 18.2 Å². The van der Waals surface area contributed by atoms with Crippen LogP contribution in [0.15, 0.2) is 47.2 Å². The summed E-state index contributed by atoms with van der Waals surface area (Å²) in [6, 6.07) is 8.98. The minimum Gasteiger partial charge on any atom is -0.349 e. The lowest BCUT2D eigenvalue weighted by Gasteiger charge is -2.31. The van der Waals surface area contributed by atoms with Gasteiger partial charge in [0.1, 0.15) is 5.01 Å². The largest absolute Gasteiger partial charge is 0.416 e. The Hall–Kier alpha value is -2.23. The van der Waals surface area contributed by atoms with Gasteiger partial charge in [0.25, 0.3) is 5.91 Å². The zero-order valence-corrected chi connectivity index (χ0v) is 17.6. The molecule has 3 aromatic rings. The molecule has 1 fully saturated rings. The van der Waals surface area contributed by atoms with E-state index >= 15 is 0 Å². The lowest BCUT2D eigenvalue weighted by atomic mass is 10.0. The van der Waals surface area contributed by atoms with Gasteiger partial charge in [-0.25, -0.2) is 4.98 Å². The van der Waals surface area contributed by atoms with E-state index < -0.39 is 11.7 Å². The maximum Gasteiger partial charge on any atom is 0.416 e. The second-order valence-corrected chi connectivity index (χ2v) is 9.03. The van der Waals surface area contributed by atoms with Crippen molar-refractivity contribution in [1.29, 1.82) is 0 Å². The van der Waals surface area contributed by atoms with Crippen molar-refractivity contribution in [2.45, 2.75) is 31.6 Å². The van der Waals surface area contributed by atoms with Crippen LogP contribution in [0.5, 0.6) is 0 Å². The molecule has 4 nitrogen and oxygen atoms in total. The van der Waals surface area contributed by atoms with Crippen molar-refractivity contribution in [2.24, 2.45) is 0 Å². The van der Waals surface area contributed by atoms with Crippen LogP contribution in [-0.4, -0.2) is 34.9 Å². The monoisotopic (exact) mass is 451 g/mol. The maximum atomic E-state index is 12.7. The molecular weight excluding hydrogens is 431 g/mol. The highest BCUT2D eigenvalue weighted by molar-refractivity contribution is 7.13. The molecule has 0 bridgehead atoms. The van der Waals surface area contributed by atoms with E-state index in [0.29, 0.717) is 12.1 Å². The average Bonchev–Trinajstić information content (AvgIpc) is 3.41. The number of nitrogens with one attached hydrogen (secondary N) is 1. The molecule has 0 saturated carbocycles. The van der Waals surface area contributed by atoms with Crippen LogP contribution in [0.4, 0.5) is 13.2 Å². The third-order valence-corrected chi connectivity index (χ3v) is 6.87. The van der Waals surface area contributed by atoms with E-state index in [2.05, 4.69) is 15.2 Å². The van der Waals surface area contributed by atoms with Gasteiger partial charge >= 0.3 is 6.18 Å².